The lowest BCUT2D eigenvalue weighted by molar-refractivity contribution is -0.117. The van der Waals surface area contributed by atoms with Crippen molar-refractivity contribution in [1.82, 2.24) is 10.1 Å². The molecule has 0 saturated heterocycles. The molecule has 6 heteroatoms. The second-order valence-corrected chi connectivity index (χ2v) is 5.02. The van der Waals surface area contributed by atoms with E-state index >= 15 is 0 Å². The summed E-state index contributed by atoms with van der Waals surface area (Å²) in [4.78, 5) is 13.8. The van der Waals surface area contributed by atoms with Crippen LogP contribution in [0.15, 0.2) is 34.9 Å². The number of rotatable bonds is 6. The quantitative estimate of drug-likeness (QED) is 0.843. The molecule has 6 nitrogen and oxygen atoms in total. The van der Waals surface area contributed by atoms with Crippen molar-refractivity contribution in [2.45, 2.75) is 20.1 Å². The van der Waals surface area contributed by atoms with E-state index in [2.05, 4.69) is 10.5 Å². The number of nitrogens with zero attached hydrogens (tertiary/aromatic N) is 2. The summed E-state index contributed by atoms with van der Waals surface area (Å²) in [7, 11) is 1.87. The molecule has 0 atom stereocenters. The average molecular weight is 289 g/mol. The maximum Gasteiger partial charge on any atom is 0.239 e. The number of aryl methyl sites for hydroxylation is 1. The minimum Gasteiger partial charge on any atom is -0.392 e. The minimum absolute atomic E-state index is 0.0373. The van der Waals surface area contributed by atoms with E-state index in [1.165, 1.54) is 0 Å². The van der Waals surface area contributed by atoms with Crippen LogP contribution in [0.1, 0.15) is 16.9 Å². The van der Waals surface area contributed by atoms with Crippen LogP contribution < -0.4 is 5.32 Å². The number of benzene rings is 1. The SMILES string of the molecule is Cc1cc(NC(=O)CN(C)Cc2ccc(CO)cc2)no1. The number of anilines is 1. The van der Waals surface area contributed by atoms with Crippen LogP contribution in [-0.2, 0) is 17.9 Å². The van der Waals surface area contributed by atoms with Crippen LogP contribution in [0, 0.1) is 6.92 Å². The van der Waals surface area contributed by atoms with Crippen LogP contribution in [0.3, 0.4) is 0 Å². The molecule has 1 aromatic heterocycles. The fraction of sp³-hybridized carbons (Fsp3) is 0.333. The molecule has 1 aromatic carbocycles. The van der Waals surface area contributed by atoms with Gasteiger partial charge in [-0.1, -0.05) is 29.4 Å². The Morgan fingerprint density at radius 1 is 1.33 bits per heavy atom. The van der Waals surface area contributed by atoms with E-state index in [1.54, 1.807) is 13.0 Å². The number of aliphatic hydroxyl groups excluding tert-OH is 1. The van der Waals surface area contributed by atoms with Crippen LogP contribution in [-0.4, -0.2) is 34.7 Å². The van der Waals surface area contributed by atoms with Gasteiger partial charge in [-0.2, -0.15) is 0 Å². The zero-order valence-electron chi connectivity index (χ0n) is 12.2. The third-order valence-corrected chi connectivity index (χ3v) is 2.97. The van der Waals surface area contributed by atoms with Crippen molar-refractivity contribution in [2.75, 3.05) is 18.9 Å². The monoisotopic (exact) mass is 289 g/mol. The predicted molar refractivity (Wildman–Crippen MR) is 78.6 cm³/mol. The highest BCUT2D eigenvalue weighted by Gasteiger charge is 2.09. The Kier molecular flexibility index (Phi) is 5.08. The largest absolute Gasteiger partial charge is 0.392 e. The Labute approximate surface area is 123 Å². The van der Waals surface area contributed by atoms with Crippen LogP contribution >= 0.6 is 0 Å². The average Bonchev–Trinajstić information content (AvgIpc) is 2.84. The van der Waals surface area contributed by atoms with Gasteiger partial charge in [0.15, 0.2) is 5.82 Å². The van der Waals surface area contributed by atoms with Gasteiger partial charge >= 0.3 is 0 Å². The molecule has 0 unspecified atom stereocenters. The van der Waals surface area contributed by atoms with Crippen molar-refractivity contribution in [3.05, 3.63) is 47.2 Å². The van der Waals surface area contributed by atoms with Gasteiger partial charge in [-0.05, 0) is 25.1 Å². The van der Waals surface area contributed by atoms with Crippen molar-refractivity contribution in [1.29, 1.82) is 0 Å². The molecule has 1 heterocycles. The normalized spacial score (nSPS) is 10.9. The number of aliphatic hydroxyl groups is 1. The molecule has 0 radical (unpaired) electrons. The first kappa shape index (κ1) is 15.2. The molecule has 0 aliphatic carbocycles. The number of nitrogens with one attached hydrogen (secondary N) is 1. The van der Waals surface area contributed by atoms with Gasteiger partial charge < -0.3 is 14.9 Å². The summed E-state index contributed by atoms with van der Waals surface area (Å²) in [5, 5.41) is 15.4. The summed E-state index contributed by atoms with van der Waals surface area (Å²) in [5.74, 6) is 0.943. The van der Waals surface area contributed by atoms with Crippen LogP contribution in [0.4, 0.5) is 5.82 Å². The fourth-order valence-corrected chi connectivity index (χ4v) is 1.97. The summed E-state index contributed by atoms with van der Waals surface area (Å²) >= 11 is 0. The van der Waals surface area contributed by atoms with Crippen molar-refractivity contribution < 1.29 is 14.4 Å². The Hall–Kier alpha value is -2.18. The van der Waals surface area contributed by atoms with Gasteiger partial charge in [0, 0.05) is 12.6 Å². The van der Waals surface area contributed by atoms with E-state index < -0.39 is 0 Å². The van der Waals surface area contributed by atoms with E-state index in [9.17, 15) is 4.79 Å². The summed E-state index contributed by atoms with van der Waals surface area (Å²) in [6, 6.07) is 9.32. The van der Waals surface area contributed by atoms with Crippen molar-refractivity contribution in [2.24, 2.45) is 0 Å². The number of aromatic nitrogens is 1. The molecule has 0 fully saturated rings. The smallest absolute Gasteiger partial charge is 0.239 e. The number of amides is 1. The van der Waals surface area contributed by atoms with E-state index in [0.717, 1.165) is 11.1 Å². The molecule has 2 N–H and O–H groups in total. The molecule has 0 bridgehead atoms. The van der Waals surface area contributed by atoms with Gasteiger partial charge in [0.2, 0.25) is 5.91 Å². The number of hydrogen-bond donors (Lipinski definition) is 2. The number of carbonyl (C=O) groups excluding carboxylic acids is 1. The van der Waals surface area contributed by atoms with Gasteiger partial charge in [-0.15, -0.1) is 0 Å². The van der Waals surface area contributed by atoms with Crippen LogP contribution in [0.2, 0.25) is 0 Å². The zero-order valence-corrected chi connectivity index (χ0v) is 12.2. The molecule has 0 saturated carbocycles. The molecule has 2 rings (SSSR count). The van der Waals surface area contributed by atoms with Crippen molar-refractivity contribution >= 4 is 11.7 Å². The Balaban J connectivity index is 1.82. The third-order valence-electron chi connectivity index (χ3n) is 2.97. The first-order valence-electron chi connectivity index (χ1n) is 6.67. The first-order valence-corrected chi connectivity index (χ1v) is 6.67. The highest BCUT2D eigenvalue weighted by Crippen LogP contribution is 2.08. The molecule has 21 heavy (non-hydrogen) atoms. The highest BCUT2D eigenvalue weighted by atomic mass is 16.5. The molecule has 0 aliphatic rings. The molecule has 2 aromatic rings. The molecule has 0 spiro atoms. The Bertz CT molecular complexity index is 592. The maximum absolute atomic E-state index is 11.9. The zero-order chi connectivity index (χ0) is 15.2. The number of hydrogen-bond acceptors (Lipinski definition) is 5. The lowest BCUT2D eigenvalue weighted by Crippen LogP contribution is -2.29. The Morgan fingerprint density at radius 2 is 2.00 bits per heavy atom. The molecule has 112 valence electrons. The Morgan fingerprint density at radius 3 is 2.57 bits per heavy atom. The lowest BCUT2D eigenvalue weighted by Gasteiger charge is -2.16. The fourth-order valence-electron chi connectivity index (χ4n) is 1.97. The third kappa shape index (κ3) is 4.70. The maximum atomic E-state index is 11.9. The summed E-state index contributed by atoms with van der Waals surface area (Å²) in [6.45, 7) is 2.71. The van der Waals surface area contributed by atoms with Crippen LogP contribution in [0.5, 0.6) is 0 Å². The molecule has 1 amide bonds. The number of likely N-dealkylation sites (N-methyl/N-ethyl adjacent to an activating group) is 1. The summed E-state index contributed by atoms with van der Waals surface area (Å²) in [5.41, 5.74) is 1.96. The van der Waals surface area contributed by atoms with Gasteiger partial charge in [0.25, 0.3) is 0 Å². The van der Waals surface area contributed by atoms with E-state index in [1.807, 2.05) is 36.2 Å². The van der Waals surface area contributed by atoms with Crippen LogP contribution in [0.25, 0.3) is 0 Å². The van der Waals surface area contributed by atoms with E-state index in [0.29, 0.717) is 18.1 Å². The molecule has 0 aliphatic heterocycles. The highest BCUT2D eigenvalue weighted by molar-refractivity contribution is 5.91. The topological polar surface area (TPSA) is 78.6 Å². The van der Waals surface area contributed by atoms with Gasteiger partial charge in [0.1, 0.15) is 5.76 Å². The van der Waals surface area contributed by atoms with E-state index in [-0.39, 0.29) is 19.1 Å². The lowest BCUT2D eigenvalue weighted by atomic mass is 10.1. The summed E-state index contributed by atoms with van der Waals surface area (Å²) in [6.07, 6.45) is 0. The van der Waals surface area contributed by atoms with Crippen molar-refractivity contribution in [3.63, 3.8) is 0 Å². The van der Waals surface area contributed by atoms with Gasteiger partial charge in [-0.25, -0.2) is 0 Å². The summed E-state index contributed by atoms with van der Waals surface area (Å²) < 4.78 is 4.89. The molecular formula is C15H19N3O3. The molecular weight excluding hydrogens is 270 g/mol. The predicted octanol–water partition coefficient (Wildman–Crippen LogP) is 1.55. The number of carbonyl (C=O) groups is 1. The first-order chi connectivity index (χ1) is 10.1. The second-order valence-electron chi connectivity index (χ2n) is 5.02. The van der Waals surface area contributed by atoms with Gasteiger partial charge in [-0.3, -0.25) is 9.69 Å². The minimum atomic E-state index is -0.141. The second kappa shape index (κ2) is 7.01. The standard InChI is InChI=1S/C15H19N3O3/c1-11-7-14(17-21-11)16-15(20)9-18(2)8-12-3-5-13(10-19)6-4-12/h3-7,19H,8-10H2,1-2H3,(H,16,17,20). The van der Waals surface area contributed by atoms with Gasteiger partial charge in [0.05, 0.1) is 13.2 Å². The van der Waals surface area contributed by atoms with E-state index in [4.69, 9.17) is 9.63 Å². The van der Waals surface area contributed by atoms with Crippen molar-refractivity contribution in [3.8, 4) is 0 Å².